The maximum atomic E-state index is 5.86. The lowest BCUT2D eigenvalue weighted by Crippen LogP contribution is -1.98. The molecule has 0 saturated heterocycles. The first-order valence-corrected chi connectivity index (χ1v) is 8.95. The average Bonchev–Trinajstić information content (AvgIpc) is 3.43. The molecule has 0 amide bonds. The highest BCUT2D eigenvalue weighted by Crippen LogP contribution is 2.23. The van der Waals surface area contributed by atoms with Crippen molar-refractivity contribution in [1.82, 2.24) is 14.5 Å². The van der Waals surface area contributed by atoms with E-state index < -0.39 is 0 Å². The second-order valence-corrected chi connectivity index (χ2v) is 6.34. The molecule has 4 rings (SSSR count). The van der Waals surface area contributed by atoms with E-state index in [1.807, 2.05) is 43.7 Å². The summed E-state index contributed by atoms with van der Waals surface area (Å²) in [5, 5.41) is 0. The molecule has 4 aromatic rings. The molecular weight excluding hydrogens is 342 g/mol. The summed E-state index contributed by atoms with van der Waals surface area (Å²) in [6.45, 7) is 3.21. The highest BCUT2D eigenvalue weighted by atomic mass is 16.5. The Morgan fingerprint density at radius 1 is 1.15 bits per heavy atom. The Morgan fingerprint density at radius 2 is 2.04 bits per heavy atom. The minimum atomic E-state index is 0.357. The zero-order valence-electron chi connectivity index (χ0n) is 15.2. The summed E-state index contributed by atoms with van der Waals surface area (Å²) in [7, 11) is 0. The van der Waals surface area contributed by atoms with Crippen LogP contribution >= 0.6 is 0 Å². The number of aryl methyl sites for hydroxylation is 3. The molecule has 0 N–H and O–H groups in total. The summed E-state index contributed by atoms with van der Waals surface area (Å²) in [5.41, 5.74) is 2.06. The lowest BCUT2D eigenvalue weighted by Gasteiger charge is -2.07. The van der Waals surface area contributed by atoms with Gasteiger partial charge in [0.15, 0.2) is 5.76 Å². The van der Waals surface area contributed by atoms with Gasteiger partial charge in [0.05, 0.1) is 12.6 Å². The Balaban J connectivity index is 1.30. The van der Waals surface area contributed by atoms with Crippen molar-refractivity contribution in [3.63, 3.8) is 0 Å². The van der Waals surface area contributed by atoms with E-state index in [-0.39, 0.29) is 0 Å². The molecule has 6 nitrogen and oxygen atoms in total. The molecule has 0 saturated carbocycles. The number of oxazole rings is 1. The molecule has 0 radical (unpaired) electrons. The summed E-state index contributed by atoms with van der Waals surface area (Å²) in [4.78, 5) is 8.51. The van der Waals surface area contributed by atoms with Gasteiger partial charge in [-0.05, 0) is 49.6 Å². The summed E-state index contributed by atoms with van der Waals surface area (Å²) < 4.78 is 18.9. The average molecular weight is 363 g/mol. The molecule has 6 heteroatoms. The monoisotopic (exact) mass is 363 g/mol. The van der Waals surface area contributed by atoms with Crippen LogP contribution in [0.15, 0.2) is 70.2 Å². The van der Waals surface area contributed by atoms with Gasteiger partial charge in [-0.15, -0.1) is 0 Å². The van der Waals surface area contributed by atoms with Gasteiger partial charge in [0.25, 0.3) is 5.89 Å². The molecule has 0 spiro atoms. The van der Waals surface area contributed by atoms with Crippen molar-refractivity contribution in [2.75, 3.05) is 0 Å². The maximum Gasteiger partial charge on any atom is 0.263 e. The molecule has 27 heavy (non-hydrogen) atoms. The number of nitrogens with zero attached hydrogens (tertiary/aromatic N) is 3. The number of furan rings is 1. The number of rotatable bonds is 8. The second kappa shape index (κ2) is 7.95. The first-order valence-electron chi connectivity index (χ1n) is 8.95. The standard InChI is InChI=1S/C21H21N3O3/c1-16-19(23-21(27-16)20-5-3-13-25-20)14-26-18-8-6-17(7-9-18)4-2-11-24-12-10-22-15-24/h3,5-10,12-13,15H,2,4,11,14H2,1H3. The van der Waals surface area contributed by atoms with Crippen molar-refractivity contribution in [3.05, 3.63) is 78.4 Å². The maximum absolute atomic E-state index is 5.86. The van der Waals surface area contributed by atoms with Gasteiger partial charge >= 0.3 is 0 Å². The quantitative estimate of drug-likeness (QED) is 0.456. The molecule has 0 aliphatic heterocycles. The van der Waals surface area contributed by atoms with E-state index in [1.54, 1.807) is 12.5 Å². The Hall–Kier alpha value is -3.28. The molecule has 0 aliphatic carbocycles. The van der Waals surface area contributed by atoms with Crippen LogP contribution < -0.4 is 4.74 Å². The third-order valence-electron chi connectivity index (χ3n) is 4.36. The van der Waals surface area contributed by atoms with Crippen molar-refractivity contribution >= 4 is 0 Å². The predicted octanol–water partition coefficient (Wildman–Crippen LogP) is 4.65. The molecule has 0 atom stereocenters. The van der Waals surface area contributed by atoms with E-state index in [9.17, 15) is 0 Å². The fourth-order valence-corrected chi connectivity index (χ4v) is 2.86. The van der Waals surface area contributed by atoms with Crippen LogP contribution in [0.4, 0.5) is 0 Å². The molecular formula is C21H21N3O3. The van der Waals surface area contributed by atoms with Gasteiger partial charge in [-0.2, -0.15) is 0 Å². The van der Waals surface area contributed by atoms with E-state index in [2.05, 4.69) is 26.7 Å². The molecule has 3 heterocycles. The van der Waals surface area contributed by atoms with Gasteiger partial charge in [0.2, 0.25) is 0 Å². The lowest BCUT2D eigenvalue weighted by molar-refractivity contribution is 0.299. The van der Waals surface area contributed by atoms with E-state index >= 15 is 0 Å². The van der Waals surface area contributed by atoms with Crippen molar-refractivity contribution in [1.29, 1.82) is 0 Å². The molecule has 1 aromatic carbocycles. The zero-order chi connectivity index (χ0) is 18.5. The first-order chi connectivity index (χ1) is 13.3. The molecule has 0 bridgehead atoms. The molecule has 0 unspecified atom stereocenters. The smallest absolute Gasteiger partial charge is 0.263 e. The first kappa shape index (κ1) is 17.1. The SMILES string of the molecule is Cc1oc(-c2ccco2)nc1COc1ccc(CCCn2ccnc2)cc1. The fourth-order valence-electron chi connectivity index (χ4n) is 2.86. The minimum absolute atomic E-state index is 0.357. The van der Waals surface area contributed by atoms with E-state index in [0.29, 0.717) is 18.3 Å². The number of aromatic nitrogens is 3. The second-order valence-electron chi connectivity index (χ2n) is 6.34. The Bertz CT molecular complexity index is 955. The van der Waals surface area contributed by atoms with Gasteiger partial charge in [0, 0.05) is 18.9 Å². The van der Waals surface area contributed by atoms with Gasteiger partial charge in [0.1, 0.15) is 23.8 Å². The van der Waals surface area contributed by atoms with E-state index in [0.717, 1.165) is 36.6 Å². The molecule has 0 fully saturated rings. The van der Waals surface area contributed by atoms with Crippen LogP contribution in [0.1, 0.15) is 23.4 Å². The van der Waals surface area contributed by atoms with Gasteiger partial charge < -0.3 is 18.1 Å². The van der Waals surface area contributed by atoms with Gasteiger partial charge in [-0.1, -0.05) is 12.1 Å². The number of imidazole rings is 1. The van der Waals surface area contributed by atoms with Crippen LogP contribution in [0, 0.1) is 6.92 Å². The summed E-state index contributed by atoms with van der Waals surface area (Å²) in [6, 6.07) is 11.8. The van der Waals surface area contributed by atoms with Crippen molar-refractivity contribution in [3.8, 4) is 17.4 Å². The minimum Gasteiger partial charge on any atom is -0.487 e. The molecule has 138 valence electrons. The number of ether oxygens (including phenoxy) is 1. The number of benzene rings is 1. The third kappa shape index (κ3) is 4.28. The van der Waals surface area contributed by atoms with Crippen LogP contribution in [-0.4, -0.2) is 14.5 Å². The predicted molar refractivity (Wildman–Crippen MR) is 100 cm³/mol. The van der Waals surface area contributed by atoms with Crippen LogP contribution in [0.25, 0.3) is 11.7 Å². The van der Waals surface area contributed by atoms with Crippen LogP contribution in [0.5, 0.6) is 5.75 Å². The van der Waals surface area contributed by atoms with Crippen molar-refractivity contribution in [2.45, 2.75) is 32.9 Å². The fraction of sp³-hybridized carbons (Fsp3) is 0.238. The van der Waals surface area contributed by atoms with E-state index in [4.69, 9.17) is 13.6 Å². The van der Waals surface area contributed by atoms with Crippen LogP contribution in [-0.2, 0) is 19.6 Å². The van der Waals surface area contributed by atoms with Crippen LogP contribution in [0.3, 0.4) is 0 Å². The summed E-state index contributed by atoms with van der Waals surface area (Å²) in [6.07, 6.45) is 9.33. The van der Waals surface area contributed by atoms with Gasteiger partial charge in [-0.3, -0.25) is 0 Å². The third-order valence-corrected chi connectivity index (χ3v) is 4.36. The van der Waals surface area contributed by atoms with E-state index in [1.165, 1.54) is 5.56 Å². The molecule has 0 aliphatic rings. The normalized spacial score (nSPS) is 11.0. The Morgan fingerprint density at radius 3 is 2.78 bits per heavy atom. The topological polar surface area (TPSA) is 66.2 Å². The largest absolute Gasteiger partial charge is 0.487 e. The lowest BCUT2D eigenvalue weighted by atomic mass is 10.1. The van der Waals surface area contributed by atoms with Crippen LogP contribution in [0.2, 0.25) is 0 Å². The Labute approximate surface area is 157 Å². The highest BCUT2D eigenvalue weighted by Gasteiger charge is 2.13. The van der Waals surface area contributed by atoms with Crippen molar-refractivity contribution in [2.24, 2.45) is 0 Å². The summed E-state index contributed by atoms with van der Waals surface area (Å²) >= 11 is 0. The number of hydrogen-bond donors (Lipinski definition) is 0. The highest BCUT2D eigenvalue weighted by molar-refractivity contribution is 5.44. The molecule has 3 aromatic heterocycles. The Kier molecular flexibility index (Phi) is 5.05. The summed E-state index contributed by atoms with van der Waals surface area (Å²) in [5.74, 6) is 2.64. The van der Waals surface area contributed by atoms with Crippen molar-refractivity contribution < 1.29 is 13.6 Å². The number of hydrogen-bond acceptors (Lipinski definition) is 5. The zero-order valence-corrected chi connectivity index (χ0v) is 15.2. The van der Waals surface area contributed by atoms with Gasteiger partial charge in [-0.25, -0.2) is 9.97 Å².